The first kappa shape index (κ1) is 16.9. The normalized spacial score (nSPS) is 13.3. The number of rotatable bonds is 5. The summed E-state index contributed by atoms with van der Waals surface area (Å²) in [5.74, 6) is -1.21. The van der Waals surface area contributed by atoms with E-state index in [0.29, 0.717) is 15.9 Å². The Balaban J connectivity index is 2.57. The Bertz CT molecular complexity index is 776. The molecule has 0 amide bonds. The lowest BCUT2D eigenvalue weighted by molar-refractivity contribution is -0.138. The highest BCUT2D eigenvalue weighted by Crippen LogP contribution is 2.40. The van der Waals surface area contributed by atoms with Crippen molar-refractivity contribution in [2.24, 2.45) is 5.73 Å². The molecular weight excluding hydrogens is 331 g/mol. The molecule has 0 radical (unpaired) electrons. The number of hydrogen-bond donors (Lipinski definition) is 4. The summed E-state index contributed by atoms with van der Waals surface area (Å²) >= 11 is 6.06. The second-order valence-corrected chi connectivity index (χ2v) is 6.93. The number of carboxylic acids is 1. The molecule has 7 nitrogen and oxygen atoms in total. The summed E-state index contributed by atoms with van der Waals surface area (Å²) < 4.78 is 11.3. The van der Waals surface area contributed by atoms with Gasteiger partial charge in [0.1, 0.15) is 6.04 Å². The Kier molecular flexibility index (Phi) is 4.84. The van der Waals surface area contributed by atoms with Gasteiger partial charge in [-0.3, -0.25) is 14.3 Å². The second kappa shape index (κ2) is 6.32. The van der Waals surface area contributed by atoms with Crippen molar-refractivity contribution in [3.8, 4) is 0 Å². The van der Waals surface area contributed by atoms with Crippen LogP contribution in [0, 0.1) is 0 Å². The van der Waals surface area contributed by atoms with Crippen LogP contribution >= 0.6 is 19.2 Å². The number of carboxylic acid groups (broad SMARTS) is 1. The molecule has 1 heterocycles. The molecule has 5 N–H and O–H groups in total. The lowest BCUT2D eigenvalue weighted by Crippen LogP contribution is -2.33. The first-order valence-electron chi connectivity index (χ1n) is 6.27. The number of pyridine rings is 1. The van der Waals surface area contributed by atoms with Gasteiger partial charge in [-0.15, -0.1) is 0 Å². The number of hydrogen-bond acceptors (Lipinski definition) is 4. The zero-order chi connectivity index (χ0) is 16.5. The maximum atomic E-state index is 11.3. The maximum absolute atomic E-state index is 11.3. The minimum absolute atomic E-state index is 0.132. The minimum atomic E-state index is -4.35. The molecule has 0 spiro atoms. The Labute approximate surface area is 130 Å². The topological polar surface area (TPSA) is 134 Å². The Morgan fingerprint density at radius 2 is 2.09 bits per heavy atom. The third-order valence-electron chi connectivity index (χ3n) is 3.08. The fourth-order valence-corrected chi connectivity index (χ4v) is 3.01. The molecule has 2 aromatic rings. The molecule has 0 bridgehead atoms. The molecule has 0 saturated heterocycles. The summed E-state index contributed by atoms with van der Waals surface area (Å²) in [6.45, 7) is 0. The van der Waals surface area contributed by atoms with Gasteiger partial charge in [-0.25, -0.2) is 0 Å². The van der Waals surface area contributed by atoms with Crippen LogP contribution in [-0.4, -0.2) is 31.9 Å². The minimum Gasteiger partial charge on any atom is -0.480 e. The smallest absolute Gasteiger partial charge is 0.329 e. The third kappa shape index (κ3) is 4.03. The van der Waals surface area contributed by atoms with E-state index in [1.54, 1.807) is 18.2 Å². The largest absolute Gasteiger partial charge is 0.480 e. The van der Waals surface area contributed by atoms with Crippen molar-refractivity contribution >= 4 is 36.1 Å². The predicted octanol–water partition coefficient (Wildman–Crippen LogP) is 1.52. The molecule has 0 aliphatic carbocycles. The first-order valence-corrected chi connectivity index (χ1v) is 8.45. The molecular formula is C13H14ClN2O5P. The molecule has 1 aromatic heterocycles. The van der Waals surface area contributed by atoms with Crippen LogP contribution in [0.4, 0.5) is 0 Å². The molecule has 9 heteroatoms. The quantitative estimate of drug-likeness (QED) is 0.604. The van der Waals surface area contributed by atoms with Crippen molar-refractivity contribution in [1.29, 1.82) is 0 Å². The van der Waals surface area contributed by atoms with E-state index in [1.165, 1.54) is 6.07 Å². The van der Waals surface area contributed by atoms with Gasteiger partial charge < -0.3 is 20.6 Å². The number of benzene rings is 1. The van der Waals surface area contributed by atoms with Crippen LogP contribution in [0.3, 0.4) is 0 Å². The van der Waals surface area contributed by atoms with Gasteiger partial charge >= 0.3 is 13.6 Å². The molecule has 2 rings (SSSR count). The molecule has 22 heavy (non-hydrogen) atoms. The fourth-order valence-electron chi connectivity index (χ4n) is 2.07. The summed E-state index contributed by atoms with van der Waals surface area (Å²) in [4.78, 5) is 33.5. The molecule has 0 saturated carbocycles. The van der Waals surface area contributed by atoms with Gasteiger partial charge in [0.25, 0.3) is 0 Å². The highest BCUT2D eigenvalue weighted by Gasteiger charge is 2.22. The molecule has 0 fully saturated rings. The Morgan fingerprint density at radius 1 is 1.41 bits per heavy atom. The highest BCUT2D eigenvalue weighted by atomic mass is 35.5. The number of aromatic nitrogens is 1. The first-order chi connectivity index (χ1) is 10.2. The Hall–Kier alpha value is -1.50. The lowest BCUT2D eigenvalue weighted by atomic mass is 10.0. The number of carbonyl (C=O) groups is 1. The van der Waals surface area contributed by atoms with E-state index < -0.39 is 25.8 Å². The number of halogens is 1. The van der Waals surface area contributed by atoms with E-state index in [1.807, 2.05) is 0 Å². The predicted molar refractivity (Wildman–Crippen MR) is 81.8 cm³/mol. The van der Waals surface area contributed by atoms with Gasteiger partial charge in [0.15, 0.2) is 0 Å². The average molecular weight is 345 g/mol. The number of aliphatic carboxylic acids is 1. The standard InChI is InChI=1S/C13H14ClN2O5P/c14-9-2-1-3-11-8(9)4-7(6-22(19,20)21)12(16-11)5-10(15)13(17)18/h1-4,10H,5-6,15H2,(H,17,18)(H2,19,20,21). The van der Waals surface area contributed by atoms with Gasteiger partial charge in [-0.2, -0.15) is 0 Å². The molecule has 1 atom stereocenters. The summed E-state index contributed by atoms with van der Waals surface area (Å²) in [5, 5.41) is 9.83. The van der Waals surface area contributed by atoms with Gasteiger partial charge in [-0.05, 0) is 23.8 Å². The van der Waals surface area contributed by atoms with Crippen LogP contribution in [-0.2, 0) is 21.9 Å². The monoisotopic (exact) mass is 344 g/mol. The number of fused-ring (bicyclic) bond motifs is 1. The zero-order valence-electron chi connectivity index (χ0n) is 11.3. The van der Waals surface area contributed by atoms with Gasteiger partial charge in [0.05, 0.1) is 11.7 Å². The van der Waals surface area contributed by atoms with Crippen molar-refractivity contribution in [3.05, 3.63) is 40.5 Å². The fraction of sp³-hybridized carbons (Fsp3) is 0.231. The average Bonchev–Trinajstić information content (AvgIpc) is 2.38. The maximum Gasteiger partial charge on any atom is 0.329 e. The summed E-state index contributed by atoms with van der Waals surface area (Å²) in [7, 11) is -4.35. The summed E-state index contributed by atoms with van der Waals surface area (Å²) in [6, 6.07) is 5.31. The van der Waals surface area contributed by atoms with E-state index in [-0.39, 0.29) is 17.7 Å². The molecule has 1 unspecified atom stereocenters. The second-order valence-electron chi connectivity index (χ2n) is 4.87. The van der Waals surface area contributed by atoms with E-state index >= 15 is 0 Å². The van der Waals surface area contributed by atoms with Gasteiger partial charge in [0.2, 0.25) is 0 Å². The van der Waals surface area contributed by atoms with Crippen LogP contribution < -0.4 is 5.73 Å². The van der Waals surface area contributed by atoms with Crippen molar-refractivity contribution < 1.29 is 24.3 Å². The number of nitrogens with two attached hydrogens (primary N) is 1. The molecule has 0 aliphatic heterocycles. The van der Waals surface area contributed by atoms with Crippen LogP contribution in [0.2, 0.25) is 5.02 Å². The Morgan fingerprint density at radius 3 is 2.68 bits per heavy atom. The van der Waals surface area contributed by atoms with E-state index in [4.69, 9.17) is 22.4 Å². The summed E-state index contributed by atoms with van der Waals surface area (Å²) in [5.41, 5.74) is 6.49. The lowest BCUT2D eigenvalue weighted by Gasteiger charge is -2.14. The van der Waals surface area contributed by atoms with Crippen molar-refractivity contribution in [1.82, 2.24) is 4.98 Å². The van der Waals surface area contributed by atoms with Crippen molar-refractivity contribution in [2.75, 3.05) is 0 Å². The van der Waals surface area contributed by atoms with Crippen LogP contribution in [0.25, 0.3) is 10.9 Å². The summed E-state index contributed by atoms with van der Waals surface area (Å²) in [6.07, 6.45) is -0.685. The van der Waals surface area contributed by atoms with E-state index in [0.717, 1.165) is 0 Å². The van der Waals surface area contributed by atoms with Crippen LogP contribution in [0.15, 0.2) is 24.3 Å². The number of nitrogens with zero attached hydrogens (tertiary/aromatic N) is 1. The van der Waals surface area contributed by atoms with Gasteiger partial charge in [0, 0.05) is 22.5 Å². The molecule has 1 aromatic carbocycles. The molecule has 0 aliphatic rings. The zero-order valence-corrected chi connectivity index (χ0v) is 13.0. The van der Waals surface area contributed by atoms with E-state index in [9.17, 15) is 19.1 Å². The van der Waals surface area contributed by atoms with Crippen LogP contribution in [0.5, 0.6) is 0 Å². The van der Waals surface area contributed by atoms with Crippen molar-refractivity contribution in [3.63, 3.8) is 0 Å². The van der Waals surface area contributed by atoms with E-state index in [2.05, 4.69) is 4.98 Å². The van der Waals surface area contributed by atoms with Gasteiger partial charge in [-0.1, -0.05) is 17.7 Å². The third-order valence-corrected chi connectivity index (χ3v) is 4.16. The SMILES string of the molecule is NC(Cc1nc2cccc(Cl)c2cc1CP(=O)(O)O)C(=O)O. The van der Waals surface area contributed by atoms with Crippen molar-refractivity contribution in [2.45, 2.75) is 18.6 Å². The highest BCUT2D eigenvalue weighted by molar-refractivity contribution is 7.50. The van der Waals surface area contributed by atoms with Crippen LogP contribution in [0.1, 0.15) is 11.3 Å². The molecule has 118 valence electrons.